The lowest BCUT2D eigenvalue weighted by molar-refractivity contribution is 0.0375. The highest BCUT2D eigenvalue weighted by Crippen LogP contribution is 2.34. The van der Waals surface area contributed by atoms with Crippen molar-refractivity contribution in [3.63, 3.8) is 0 Å². The summed E-state index contributed by atoms with van der Waals surface area (Å²) in [5.41, 5.74) is 0.702. The molecule has 90 valence electrons. The standard InChI is InChI=1S/C13H27NS/c1-12(2,3)11-10-15-9-7-8-14(11)13(4,5)6/h11H,7-10H2,1-6H3/t11-/m0/s1. The summed E-state index contributed by atoms with van der Waals surface area (Å²) in [6, 6.07) is 0.713. The van der Waals surface area contributed by atoms with Crippen molar-refractivity contribution >= 4 is 11.8 Å². The molecule has 1 aliphatic heterocycles. The third kappa shape index (κ3) is 3.67. The van der Waals surface area contributed by atoms with Gasteiger partial charge in [0.15, 0.2) is 0 Å². The van der Waals surface area contributed by atoms with Gasteiger partial charge in [0.25, 0.3) is 0 Å². The van der Waals surface area contributed by atoms with E-state index in [0.29, 0.717) is 17.0 Å². The molecule has 0 unspecified atom stereocenters. The minimum Gasteiger partial charge on any atom is -0.294 e. The summed E-state index contributed by atoms with van der Waals surface area (Å²) in [7, 11) is 0. The van der Waals surface area contributed by atoms with Crippen molar-refractivity contribution in [1.29, 1.82) is 0 Å². The molecule has 15 heavy (non-hydrogen) atoms. The summed E-state index contributed by atoms with van der Waals surface area (Å²) < 4.78 is 0. The Labute approximate surface area is 100.0 Å². The van der Waals surface area contributed by atoms with Crippen LogP contribution in [-0.4, -0.2) is 34.5 Å². The SMILES string of the molecule is CC(C)(C)[C@@H]1CSCCCN1C(C)(C)C. The summed E-state index contributed by atoms with van der Waals surface area (Å²) >= 11 is 2.13. The van der Waals surface area contributed by atoms with Gasteiger partial charge < -0.3 is 0 Å². The van der Waals surface area contributed by atoms with Crippen LogP contribution >= 0.6 is 11.8 Å². The summed E-state index contributed by atoms with van der Waals surface area (Å²) in [4.78, 5) is 2.72. The Morgan fingerprint density at radius 1 is 1.07 bits per heavy atom. The molecule has 0 spiro atoms. The van der Waals surface area contributed by atoms with Crippen LogP contribution in [0, 0.1) is 5.41 Å². The van der Waals surface area contributed by atoms with Gasteiger partial charge in [-0.15, -0.1) is 0 Å². The molecule has 1 nitrogen and oxygen atoms in total. The van der Waals surface area contributed by atoms with Crippen molar-refractivity contribution in [3.05, 3.63) is 0 Å². The lowest BCUT2D eigenvalue weighted by Crippen LogP contribution is -2.54. The van der Waals surface area contributed by atoms with Crippen LogP contribution in [0.5, 0.6) is 0 Å². The molecule has 0 N–H and O–H groups in total. The van der Waals surface area contributed by atoms with Crippen LogP contribution in [-0.2, 0) is 0 Å². The molecule has 1 heterocycles. The van der Waals surface area contributed by atoms with E-state index in [2.05, 4.69) is 58.2 Å². The minimum atomic E-state index is 0.308. The smallest absolute Gasteiger partial charge is 0.0240 e. The molecule has 0 radical (unpaired) electrons. The van der Waals surface area contributed by atoms with Crippen molar-refractivity contribution < 1.29 is 0 Å². The molecule has 1 aliphatic rings. The molecule has 0 aromatic rings. The van der Waals surface area contributed by atoms with Crippen LogP contribution in [0.25, 0.3) is 0 Å². The Morgan fingerprint density at radius 3 is 2.13 bits per heavy atom. The highest BCUT2D eigenvalue weighted by atomic mass is 32.2. The van der Waals surface area contributed by atoms with Gasteiger partial charge in [0, 0.05) is 17.3 Å². The molecule has 1 saturated heterocycles. The molecule has 0 saturated carbocycles. The fourth-order valence-electron chi connectivity index (χ4n) is 2.30. The van der Waals surface area contributed by atoms with Gasteiger partial charge in [-0.05, 0) is 44.9 Å². The molecule has 1 fully saturated rings. The third-order valence-electron chi connectivity index (χ3n) is 3.20. The number of hydrogen-bond donors (Lipinski definition) is 0. The first-order valence-corrected chi connectivity index (χ1v) is 7.23. The molecule has 0 amide bonds. The number of thioether (sulfide) groups is 1. The maximum Gasteiger partial charge on any atom is 0.0240 e. The van der Waals surface area contributed by atoms with E-state index < -0.39 is 0 Å². The lowest BCUT2D eigenvalue weighted by atomic mass is 9.84. The highest BCUT2D eigenvalue weighted by Gasteiger charge is 2.36. The second kappa shape index (κ2) is 4.67. The molecule has 2 heteroatoms. The third-order valence-corrected chi connectivity index (χ3v) is 4.33. The zero-order chi connectivity index (χ0) is 11.7. The van der Waals surface area contributed by atoms with Crippen molar-refractivity contribution in [1.82, 2.24) is 4.90 Å². The topological polar surface area (TPSA) is 3.24 Å². The second-order valence-corrected chi connectivity index (χ2v) is 7.82. The van der Waals surface area contributed by atoms with Gasteiger partial charge in [-0.3, -0.25) is 4.90 Å². The quantitative estimate of drug-likeness (QED) is 0.624. The molecule has 0 aliphatic carbocycles. The van der Waals surface area contributed by atoms with Gasteiger partial charge >= 0.3 is 0 Å². The molecule has 0 aromatic carbocycles. The van der Waals surface area contributed by atoms with E-state index >= 15 is 0 Å². The molecule has 0 bridgehead atoms. The predicted octanol–water partition coefficient (Wildman–Crippen LogP) is 3.64. The van der Waals surface area contributed by atoms with E-state index in [1.54, 1.807) is 0 Å². The fraction of sp³-hybridized carbons (Fsp3) is 1.00. The van der Waals surface area contributed by atoms with E-state index in [4.69, 9.17) is 0 Å². The Bertz CT molecular complexity index is 178. The van der Waals surface area contributed by atoms with Crippen LogP contribution < -0.4 is 0 Å². The highest BCUT2D eigenvalue weighted by molar-refractivity contribution is 7.99. The van der Waals surface area contributed by atoms with Crippen molar-refractivity contribution in [2.75, 3.05) is 18.1 Å². The Morgan fingerprint density at radius 2 is 1.67 bits per heavy atom. The van der Waals surface area contributed by atoms with E-state index in [1.807, 2.05) is 0 Å². The number of rotatable bonds is 0. The first kappa shape index (κ1) is 13.4. The average Bonchev–Trinajstić information content (AvgIpc) is 2.24. The summed E-state index contributed by atoms with van der Waals surface area (Å²) in [5, 5.41) is 0. The second-order valence-electron chi connectivity index (χ2n) is 6.67. The molecular weight excluding hydrogens is 202 g/mol. The average molecular weight is 229 g/mol. The summed E-state index contributed by atoms with van der Waals surface area (Å²) in [6.07, 6.45) is 1.34. The van der Waals surface area contributed by atoms with Crippen LogP contribution in [0.3, 0.4) is 0 Å². The van der Waals surface area contributed by atoms with Gasteiger partial charge in [-0.1, -0.05) is 20.8 Å². The van der Waals surface area contributed by atoms with Crippen LogP contribution in [0.4, 0.5) is 0 Å². The van der Waals surface area contributed by atoms with Crippen molar-refractivity contribution in [2.24, 2.45) is 5.41 Å². The van der Waals surface area contributed by atoms with Crippen LogP contribution in [0.2, 0.25) is 0 Å². The van der Waals surface area contributed by atoms with Crippen LogP contribution in [0.1, 0.15) is 48.0 Å². The number of nitrogens with zero attached hydrogens (tertiary/aromatic N) is 1. The molecule has 0 aromatic heterocycles. The lowest BCUT2D eigenvalue weighted by Gasteiger charge is -2.46. The fourth-order valence-corrected chi connectivity index (χ4v) is 3.70. The summed E-state index contributed by atoms with van der Waals surface area (Å²) in [5.74, 6) is 2.62. The van der Waals surface area contributed by atoms with E-state index in [1.165, 1.54) is 24.5 Å². The monoisotopic (exact) mass is 229 g/mol. The van der Waals surface area contributed by atoms with Gasteiger partial charge in [0.1, 0.15) is 0 Å². The molecule has 1 rings (SSSR count). The van der Waals surface area contributed by atoms with E-state index in [-0.39, 0.29) is 0 Å². The zero-order valence-electron chi connectivity index (χ0n) is 11.3. The minimum absolute atomic E-state index is 0.308. The normalized spacial score (nSPS) is 26.4. The molecular formula is C13H27NS. The van der Waals surface area contributed by atoms with Gasteiger partial charge in [0.2, 0.25) is 0 Å². The largest absolute Gasteiger partial charge is 0.294 e. The maximum absolute atomic E-state index is 2.72. The Hall–Kier alpha value is 0.310. The molecule has 1 atom stereocenters. The van der Waals surface area contributed by atoms with Gasteiger partial charge in [-0.25, -0.2) is 0 Å². The summed E-state index contributed by atoms with van der Waals surface area (Å²) in [6.45, 7) is 15.4. The van der Waals surface area contributed by atoms with E-state index in [0.717, 1.165) is 0 Å². The van der Waals surface area contributed by atoms with Crippen molar-refractivity contribution in [2.45, 2.75) is 59.5 Å². The van der Waals surface area contributed by atoms with Gasteiger partial charge in [-0.2, -0.15) is 11.8 Å². The first-order chi connectivity index (χ1) is 6.73. The zero-order valence-corrected chi connectivity index (χ0v) is 12.1. The predicted molar refractivity (Wildman–Crippen MR) is 71.6 cm³/mol. The number of hydrogen-bond acceptors (Lipinski definition) is 2. The first-order valence-electron chi connectivity index (χ1n) is 6.07. The van der Waals surface area contributed by atoms with Crippen LogP contribution in [0.15, 0.2) is 0 Å². The van der Waals surface area contributed by atoms with Gasteiger partial charge in [0.05, 0.1) is 0 Å². The van der Waals surface area contributed by atoms with Crippen molar-refractivity contribution in [3.8, 4) is 0 Å². The van der Waals surface area contributed by atoms with E-state index in [9.17, 15) is 0 Å². The Balaban J connectivity index is 2.86. The Kier molecular flexibility index (Phi) is 4.16. The maximum atomic E-state index is 2.72.